The molecule has 0 atom stereocenters. The fraction of sp³-hybridized carbons (Fsp3) is 0.350. The highest BCUT2D eigenvalue weighted by Crippen LogP contribution is 2.30. The highest BCUT2D eigenvalue weighted by molar-refractivity contribution is 7.89. The number of sulfonamides is 1. The summed E-state index contributed by atoms with van der Waals surface area (Å²) in [5, 5.41) is 2.77. The summed E-state index contributed by atoms with van der Waals surface area (Å²) in [6, 6.07) is 11.7. The molecule has 1 N–H and O–H groups in total. The molecule has 2 aromatic rings. The van der Waals surface area contributed by atoms with Gasteiger partial charge in [0.15, 0.2) is 0 Å². The summed E-state index contributed by atoms with van der Waals surface area (Å²) in [6.45, 7) is 3.00. The third-order valence-electron chi connectivity index (χ3n) is 4.69. The number of methoxy groups -OCH3 is 1. The summed E-state index contributed by atoms with van der Waals surface area (Å²) in [7, 11) is -2.11. The lowest BCUT2D eigenvalue weighted by atomic mass is 10.1. The molecule has 1 saturated heterocycles. The van der Waals surface area contributed by atoms with E-state index in [1.165, 1.54) is 23.5 Å². The number of ether oxygens (including phenoxy) is 1. The van der Waals surface area contributed by atoms with Gasteiger partial charge in [0.25, 0.3) is 5.91 Å². The van der Waals surface area contributed by atoms with Crippen LogP contribution in [0, 0.1) is 6.92 Å². The molecule has 3 rings (SSSR count). The van der Waals surface area contributed by atoms with Crippen LogP contribution < -0.4 is 10.1 Å². The van der Waals surface area contributed by atoms with E-state index in [0.717, 1.165) is 24.8 Å². The number of piperidine rings is 1. The first kappa shape index (κ1) is 19.4. The molecular formula is C20H24N2O4S. The molecule has 1 aliphatic heterocycles. The number of carbonyl (C=O) groups excluding carboxylic acids is 1. The number of amides is 1. The van der Waals surface area contributed by atoms with E-state index < -0.39 is 10.0 Å². The molecule has 0 bridgehead atoms. The SMILES string of the molecule is COc1ccc(S(=O)(=O)N2CCCCC2)cc1NC(=O)c1ccc(C)cc1. The van der Waals surface area contributed by atoms with Crippen LogP contribution in [0.3, 0.4) is 0 Å². The molecule has 0 aromatic heterocycles. The predicted octanol–water partition coefficient (Wildman–Crippen LogP) is 3.43. The molecule has 144 valence electrons. The van der Waals surface area contributed by atoms with Gasteiger partial charge in [-0.3, -0.25) is 4.79 Å². The van der Waals surface area contributed by atoms with Crippen molar-refractivity contribution in [2.45, 2.75) is 31.1 Å². The van der Waals surface area contributed by atoms with Gasteiger partial charge >= 0.3 is 0 Å². The highest BCUT2D eigenvalue weighted by atomic mass is 32.2. The normalized spacial score (nSPS) is 15.3. The van der Waals surface area contributed by atoms with Crippen LogP contribution in [-0.4, -0.2) is 38.8 Å². The van der Waals surface area contributed by atoms with E-state index in [1.54, 1.807) is 18.2 Å². The fourth-order valence-electron chi connectivity index (χ4n) is 3.10. The summed E-state index contributed by atoms with van der Waals surface area (Å²) in [4.78, 5) is 12.7. The lowest BCUT2D eigenvalue weighted by Crippen LogP contribution is -2.35. The van der Waals surface area contributed by atoms with Crippen LogP contribution in [0.5, 0.6) is 5.75 Å². The third kappa shape index (κ3) is 4.31. The minimum atomic E-state index is -3.59. The Bertz CT molecular complexity index is 917. The summed E-state index contributed by atoms with van der Waals surface area (Å²) in [5.74, 6) is 0.0916. The quantitative estimate of drug-likeness (QED) is 0.851. The van der Waals surface area contributed by atoms with Gasteiger partial charge < -0.3 is 10.1 Å². The van der Waals surface area contributed by atoms with Crippen LogP contribution in [0.2, 0.25) is 0 Å². The Balaban J connectivity index is 1.89. The van der Waals surface area contributed by atoms with Crippen LogP contribution >= 0.6 is 0 Å². The summed E-state index contributed by atoms with van der Waals surface area (Å²) in [5.41, 5.74) is 1.88. The molecule has 2 aromatic carbocycles. The molecule has 1 heterocycles. The van der Waals surface area contributed by atoms with Gasteiger partial charge in [-0.05, 0) is 50.1 Å². The van der Waals surface area contributed by atoms with Crippen molar-refractivity contribution in [3.05, 3.63) is 53.6 Å². The maximum Gasteiger partial charge on any atom is 0.255 e. The molecule has 0 saturated carbocycles. The molecule has 7 heteroatoms. The summed E-state index contributed by atoms with van der Waals surface area (Å²) >= 11 is 0. The van der Waals surface area contributed by atoms with Gasteiger partial charge in [-0.25, -0.2) is 8.42 Å². The van der Waals surface area contributed by atoms with Crippen molar-refractivity contribution in [3.63, 3.8) is 0 Å². The lowest BCUT2D eigenvalue weighted by molar-refractivity contribution is 0.102. The third-order valence-corrected chi connectivity index (χ3v) is 6.58. The largest absolute Gasteiger partial charge is 0.495 e. The van der Waals surface area contributed by atoms with Gasteiger partial charge in [0.2, 0.25) is 10.0 Å². The van der Waals surface area contributed by atoms with Crippen LogP contribution in [0.4, 0.5) is 5.69 Å². The minimum absolute atomic E-state index is 0.157. The zero-order valence-electron chi connectivity index (χ0n) is 15.6. The molecule has 0 aliphatic carbocycles. The molecule has 1 aliphatic rings. The van der Waals surface area contributed by atoms with E-state index in [1.807, 2.05) is 19.1 Å². The average Bonchev–Trinajstić information content (AvgIpc) is 2.69. The van der Waals surface area contributed by atoms with E-state index >= 15 is 0 Å². The highest BCUT2D eigenvalue weighted by Gasteiger charge is 2.27. The van der Waals surface area contributed by atoms with E-state index in [2.05, 4.69) is 5.32 Å². The smallest absolute Gasteiger partial charge is 0.255 e. The van der Waals surface area contributed by atoms with Crippen molar-refractivity contribution in [1.82, 2.24) is 4.31 Å². The van der Waals surface area contributed by atoms with Crippen molar-refractivity contribution in [2.75, 3.05) is 25.5 Å². The molecule has 1 fully saturated rings. The first-order valence-electron chi connectivity index (χ1n) is 8.98. The van der Waals surface area contributed by atoms with Gasteiger partial charge in [-0.2, -0.15) is 4.31 Å². The van der Waals surface area contributed by atoms with E-state index in [9.17, 15) is 13.2 Å². The molecule has 6 nitrogen and oxygen atoms in total. The second-order valence-electron chi connectivity index (χ2n) is 6.65. The maximum absolute atomic E-state index is 12.9. The molecule has 0 unspecified atom stereocenters. The zero-order chi connectivity index (χ0) is 19.4. The Morgan fingerprint density at radius 1 is 1.04 bits per heavy atom. The molecule has 0 radical (unpaired) electrons. The van der Waals surface area contributed by atoms with Crippen molar-refractivity contribution in [1.29, 1.82) is 0 Å². The first-order valence-corrected chi connectivity index (χ1v) is 10.4. The minimum Gasteiger partial charge on any atom is -0.495 e. The number of nitrogens with one attached hydrogen (secondary N) is 1. The Labute approximate surface area is 160 Å². The van der Waals surface area contributed by atoms with E-state index in [-0.39, 0.29) is 10.8 Å². The molecule has 0 spiro atoms. The fourth-order valence-corrected chi connectivity index (χ4v) is 4.64. The summed E-state index contributed by atoms with van der Waals surface area (Å²) in [6.07, 6.45) is 2.78. The van der Waals surface area contributed by atoms with Gasteiger partial charge in [0.05, 0.1) is 17.7 Å². The van der Waals surface area contributed by atoms with E-state index in [0.29, 0.717) is 30.1 Å². The van der Waals surface area contributed by atoms with Crippen LogP contribution in [0.1, 0.15) is 35.2 Å². The number of carbonyl (C=O) groups is 1. The van der Waals surface area contributed by atoms with Crippen molar-refractivity contribution < 1.29 is 17.9 Å². The monoisotopic (exact) mass is 388 g/mol. The molecule has 1 amide bonds. The summed E-state index contributed by atoms with van der Waals surface area (Å²) < 4.78 is 32.6. The Morgan fingerprint density at radius 3 is 2.33 bits per heavy atom. The standard InChI is InChI=1S/C20H24N2O4S/c1-15-6-8-16(9-7-15)20(23)21-18-14-17(10-11-19(18)26-2)27(24,25)22-12-4-3-5-13-22/h6-11,14H,3-5,12-13H2,1-2H3,(H,21,23). The second-order valence-corrected chi connectivity index (χ2v) is 8.58. The number of hydrogen-bond acceptors (Lipinski definition) is 4. The van der Waals surface area contributed by atoms with Crippen molar-refractivity contribution in [2.24, 2.45) is 0 Å². The van der Waals surface area contributed by atoms with Gasteiger partial charge in [-0.1, -0.05) is 24.1 Å². The number of nitrogens with zero attached hydrogens (tertiary/aromatic N) is 1. The number of benzene rings is 2. The number of hydrogen-bond donors (Lipinski definition) is 1. The number of aryl methyl sites for hydroxylation is 1. The molecular weight excluding hydrogens is 364 g/mol. The number of anilines is 1. The second kappa shape index (κ2) is 8.10. The number of rotatable bonds is 5. The van der Waals surface area contributed by atoms with Gasteiger partial charge in [0, 0.05) is 18.7 Å². The van der Waals surface area contributed by atoms with Crippen LogP contribution in [-0.2, 0) is 10.0 Å². The Hall–Kier alpha value is -2.38. The first-order chi connectivity index (χ1) is 12.9. The Kier molecular flexibility index (Phi) is 5.82. The van der Waals surface area contributed by atoms with Crippen LogP contribution in [0.15, 0.2) is 47.4 Å². The van der Waals surface area contributed by atoms with Gasteiger partial charge in [0.1, 0.15) is 5.75 Å². The lowest BCUT2D eigenvalue weighted by Gasteiger charge is -2.26. The predicted molar refractivity (Wildman–Crippen MR) is 105 cm³/mol. The Morgan fingerprint density at radius 2 is 1.70 bits per heavy atom. The van der Waals surface area contributed by atoms with Crippen LogP contribution in [0.25, 0.3) is 0 Å². The molecule has 27 heavy (non-hydrogen) atoms. The topological polar surface area (TPSA) is 75.7 Å². The average molecular weight is 388 g/mol. The zero-order valence-corrected chi connectivity index (χ0v) is 16.4. The van der Waals surface area contributed by atoms with Gasteiger partial charge in [-0.15, -0.1) is 0 Å². The van der Waals surface area contributed by atoms with Crippen molar-refractivity contribution >= 4 is 21.6 Å². The maximum atomic E-state index is 12.9. The van der Waals surface area contributed by atoms with E-state index in [4.69, 9.17) is 4.74 Å². The van der Waals surface area contributed by atoms with Crippen molar-refractivity contribution in [3.8, 4) is 5.75 Å².